The Morgan fingerprint density at radius 2 is 2.14 bits per heavy atom. The molecule has 0 bridgehead atoms. The molecular formula is C14H13N5OS. The normalized spacial score (nSPS) is 12.2. The van der Waals surface area contributed by atoms with Crippen molar-refractivity contribution in [3.63, 3.8) is 0 Å². The van der Waals surface area contributed by atoms with Crippen LogP contribution in [0.3, 0.4) is 0 Å². The Labute approximate surface area is 125 Å². The van der Waals surface area contributed by atoms with E-state index in [1.807, 2.05) is 19.1 Å². The summed E-state index contributed by atoms with van der Waals surface area (Å²) in [4.78, 5) is 25.8. The number of nitrogens with one attached hydrogen (secondary N) is 1. The van der Waals surface area contributed by atoms with E-state index >= 15 is 0 Å². The summed E-state index contributed by atoms with van der Waals surface area (Å²) in [5, 5.41) is 2.91. The van der Waals surface area contributed by atoms with Gasteiger partial charge in [0.15, 0.2) is 0 Å². The van der Waals surface area contributed by atoms with Crippen molar-refractivity contribution >= 4 is 33.3 Å². The zero-order valence-electron chi connectivity index (χ0n) is 11.3. The van der Waals surface area contributed by atoms with E-state index in [9.17, 15) is 4.79 Å². The second-order valence-electron chi connectivity index (χ2n) is 4.54. The van der Waals surface area contributed by atoms with Crippen LogP contribution < -0.4 is 11.1 Å². The van der Waals surface area contributed by atoms with E-state index in [4.69, 9.17) is 5.73 Å². The number of amides is 1. The zero-order valence-corrected chi connectivity index (χ0v) is 12.1. The summed E-state index contributed by atoms with van der Waals surface area (Å²) < 4.78 is 0. The Morgan fingerprint density at radius 1 is 1.33 bits per heavy atom. The third-order valence-electron chi connectivity index (χ3n) is 3.10. The number of carbonyl (C=O) groups is 1. The Kier molecular flexibility index (Phi) is 3.49. The second-order valence-corrected chi connectivity index (χ2v) is 5.54. The number of carbonyl (C=O) groups excluding carboxylic acids is 1. The molecule has 1 atom stereocenters. The minimum absolute atomic E-state index is 0.156. The molecule has 0 saturated carbocycles. The van der Waals surface area contributed by atoms with Gasteiger partial charge >= 0.3 is 0 Å². The number of thiophene rings is 1. The molecule has 3 heterocycles. The predicted molar refractivity (Wildman–Crippen MR) is 81.9 cm³/mol. The number of fused-ring (bicyclic) bond motifs is 1. The molecule has 0 aliphatic heterocycles. The average Bonchev–Trinajstić information content (AvgIpc) is 2.86. The first-order valence-corrected chi connectivity index (χ1v) is 7.18. The highest BCUT2D eigenvalue weighted by molar-refractivity contribution is 7.21. The van der Waals surface area contributed by atoms with Crippen LogP contribution in [0.25, 0.3) is 10.3 Å². The van der Waals surface area contributed by atoms with Gasteiger partial charge in [-0.1, -0.05) is 6.07 Å². The maximum absolute atomic E-state index is 12.4. The lowest BCUT2D eigenvalue weighted by molar-refractivity contribution is 0.0945. The first-order valence-electron chi connectivity index (χ1n) is 6.36. The summed E-state index contributed by atoms with van der Waals surface area (Å²) in [6, 6.07) is 3.59. The van der Waals surface area contributed by atoms with Crippen LogP contribution in [0, 0.1) is 0 Å². The summed E-state index contributed by atoms with van der Waals surface area (Å²) >= 11 is 1.24. The Bertz CT molecular complexity index is 786. The van der Waals surface area contributed by atoms with Crippen LogP contribution >= 0.6 is 11.3 Å². The van der Waals surface area contributed by atoms with Gasteiger partial charge in [0, 0.05) is 24.8 Å². The van der Waals surface area contributed by atoms with E-state index in [1.54, 1.807) is 24.8 Å². The SMILES string of the molecule is CC(NC(=O)c1sc2nccnc2c1N)c1cccnc1. The number of nitrogens with zero attached hydrogens (tertiary/aromatic N) is 3. The lowest BCUT2D eigenvalue weighted by Crippen LogP contribution is -2.26. The highest BCUT2D eigenvalue weighted by Crippen LogP contribution is 2.30. The monoisotopic (exact) mass is 299 g/mol. The van der Waals surface area contributed by atoms with E-state index < -0.39 is 0 Å². The topological polar surface area (TPSA) is 93.8 Å². The number of hydrogen-bond acceptors (Lipinski definition) is 6. The van der Waals surface area contributed by atoms with Gasteiger partial charge < -0.3 is 11.1 Å². The number of hydrogen-bond donors (Lipinski definition) is 2. The lowest BCUT2D eigenvalue weighted by Gasteiger charge is -2.13. The molecule has 21 heavy (non-hydrogen) atoms. The van der Waals surface area contributed by atoms with Crippen molar-refractivity contribution in [2.75, 3.05) is 5.73 Å². The van der Waals surface area contributed by atoms with Crippen molar-refractivity contribution in [1.29, 1.82) is 0 Å². The standard InChI is InChI=1S/C14H13N5OS/c1-8(9-3-2-4-16-7-9)19-13(20)12-10(15)11-14(21-12)18-6-5-17-11/h2-8H,15H2,1H3,(H,19,20). The quantitative estimate of drug-likeness (QED) is 0.773. The molecule has 0 aliphatic rings. The van der Waals surface area contributed by atoms with Crippen molar-refractivity contribution < 1.29 is 4.79 Å². The van der Waals surface area contributed by atoms with Gasteiger partial charge in [0.25, 0.3) is 5.91 Å². The van der Waals surface area contributed by atoms with E-state index in [1.165, 1.54) is 11.3 Å². The molecular weight excluding hydrogens is 286 g/mol. The van der Waals surface area contributed by atoms with Gasteiger partial charge in [0.2, 0.25) is 0 Å². The van der Waals surface area contributed by atoms with E-state index in [-0.39, 0.29) is 11.9 Å². The Balaban J connectivity index is 1.86. The van der Waals surface area contributed by atoms with Crippen molar-refractivity contribution in [2.45, 2.75) is 13.0 Å². The average molecular weight is 299 g/mol. The molecule has 0 fully saturated rings. The number of nitrogen functional groups attached to an aromatic ring is 1. The van der Waals surface area contributed by atoms with Crippen LogP contribution in [-0.2, 0) is 0 Å². The van der Waals surface area contributed by atoms with Crippen LogP contribution in [0.1, 0.15) is 28.2 Å². The highest BCUT2D eigenvalue weighted by atomic mass is 32.1. The summed E-state index contributed by atoms with van der Waals surface area (Å²) in [6.45, 7) is 1.90. The third-order valence-corrected chi connectivity index (χ3v) is 4.20. The molecule has 0 saturated heterocycles. The number of nitrogens with two attached hydrogens (primary N) is 1. The number of pyridine rings is 1. The van der Waals surface area contributed by atoms with E-state index in [0.717, 1.165) is 5.56 Å². The number of rotatable bonds is 3. The van der Waals surface area contributed by atoms with Crippen molar-refractivity contribution in [3.8, 4) is 0 Å². The number of aromatic nitrogens is 3. The van der Waals surface area contributed by atoms with Crippen LogP contribution in [-0.4, -0.2) is 20.9 Å². The van der Waals surface area contributed by atoms with Crippen molar-refractivity contribution in [1.82, 2.24) is 20.3 Å². The van der Waals surface area contributed by atoms with Gasteiger partial charge in [-0.25, -0.2) is 9.97 Å². The highest BCUT2D eigenvalue weighted by Gasteiger charge is 2.19. The summed E-state index contributed by atoms with van der Waals surface area (Å²) in [5.41, 5.74) is 7.87. The van der Waals surface area contributed by atoms with Crippen LogP contribution in [0.4, 0.5) is 5.69 Å². The largest absolute Gasteiger partial charge is 0.396 e. The van der Waals surface area contributed by atoms with Gasteiger partial charge in [-0.05, 0) is 18.6 Å². The van der Waals surface area contributed by atoms with Crippen molar-refractivity contribution in [3.05, 3.63) is 47.4 Å². The Morgan fingerprint density at radius 3 is 2.86 bits per heavy atom. The van der Waals surface area contributed by atoms with E-state index in [0.29, 0.717) is 20.9 Å². The van der Waals surface area contributed by atoms with Crippen LogP contribution in [0.2, 0.25) is 0 Å². The summed E-state index contributed by atoms with van der Waals surface area (Å²) in [7, 11) is 0. The molecule has 1 unspecified atom stereocenters. The minimum Gasteiger partial charge on any atom is -0.396 e. The molecule has 106 valence electrons. The molecule has 3 aromatic rings. The maximum Gasteiger partial charge on any atom is 0.264 e. The molecule has 0 aliphatic carbocycles. The van der Waals surface area contributed by atoms with Gasteiger partial charge in [-0.2, -0.15) is 0 Å². The number of anilines is 1. The molecule has 0 radical (unpaired) electrons. The maximum atomic E-state index is 12.4. The van der Waals surface area contributed by atoms with Crippen LogP contribution in [0.5, 0.6) is 0 Å². The zero-order chi connectivity index (χ0) is 14.8. The predicted octanol–water partition coefficient (Wildman–Crippen LogP) is 2.16. The fourth-order valence-electron chi connectivity index (χ4n) is 1.99. The molecule has 3 rings (SSSR count). The van der Waals surface area contributed by atoms with E-state index in [2.05, 4.69) is 20.3 Å². The first kappa shape index (κ1) is 13.4. The van der Waals surface area contributed by atoms with Gasteiger partial charge in [0.1, 0.15) is 15.2 Å². The van der Waals surface area contributed by atoms with Crippen LogP contribution in [0.15, 0.2) is 36.9 Å². The summed E-state index contributed by atoms with van der Waals surface area (Å²) in [6.07, 6.45) is 6.56. The van der Waals surface area contributed by atoms with Crippen molar-refractivity contribution in [2.24, 2.45) is 0 Å². The molecule has 0 aromatic carbocycles. The van der Waals surface area contributed by atoms with Gasteiger partial charge in [-0.15, -0.1) is 11.3 Å². The molecule has 3 aromatic heterocycles. The fraction of sp³-hybridized carbons (Fsp3) is 0.143. The molecule has 6 nitrogen and oxygen atoms in total. The first-order chi connectivity index (χ1) is 10.2. The van der Waals surface area contributed by atoms with Gasteiger partial charge in [0.05, 0.1) is 11.7 Å². The smallest absolute Gasteiger partial charge is 0.264 e. The molecule has 1 amide bonds. The second kappa shape index (κ2) is 5.45. The molecule has 3 N–H and O–H groups in total. The molecule has 7 heteroatoms. The lowest BCUT2D eigenvalue weighted by atomic mass is 10.1. The molecule has 0 spiro atoms. The summed E-state index contributed by atoms with van der Waals surface area (Å²) in [5.74, 6) is -0.228. The van der Waals surface area contributed by atoms with Gasteiger partial charge in [-0.3, -0.25) is 9.78 Å². The Hall–Kier alpha value is -2.54. The minimum atomic E-state index is -0.228. The fourth-order valence-corrected chi connectivity index (χ4v) is 2.91. The third kappa shape index (κ3) is 2.55.